The van der Waals surface area contributed by atoms with Crippen molar-refractivity contribution in [3.8, 4) is 5.75 Å². The molecular formula is C27H33N3O3S. The molecule has 3 aromatic rings. The summed E-state index contributed by atoms with van der Waals surface area (Å²) in [6.07, 6.45) is 2.05. The summed E-state index contributed by atoms with van der Waals surface area (Å²) in [5.74, 6) is 0.0561. The quantitative estimate of drug-likeness (QED) is 0.490. The molecule has 1 fully saturated rings. The maximum absolute atomic E-state index is 13.7. The fourth-order valence-electron chi connectivity index (χ4n) is 4.71. The van der Waals surface area contributed by atoms with Gasteiger partial charge in [-0.2, -0.15) is 0 Å². The number of nitrogens with zero attached hydrogens (tertiary/aromatic N) is 3. The van der Waals surface area contributed by atoms with Crippen molar-refractivity contribution in [1.29, 1.82) is 0 Å². The van der Waals surface area contributed by atoms with Crippen LogP contribution in [0.25, 0.3) is 0 Å². The van der Waals surface area contributed by atoms with Crippen LogP contribution >= 0.6 is 11.8 Å². The lowest BCUT2D eigenvalue weighted by molar-refractivity contribution is 0.183. The first kappa shape index (κ1) is 24.4. The van der Waals surface area contributed by atoms with Gasteiger partial charge in [0.25, 0.3) is 5.56 Å². The molecule has 34 heavy (non-hydrogen) atoms. The lowest BCUT2D eigenvalue weighted by Gasteiger charge is -2.40. The second-order valence-electron chi connectivity index (χ2n) is 8.57. The van der Waals surface area contributed by atoms with E-state index >= 15 is 0 Å². The van der Waals surface area contributed by atoms with Crippen molar-refractivity contribution < 1.29 is 9.84 Å². The molecule has 0 aliphatic carbocycles. The summed E-state index contributed by atoms with van der Waals surface area (Å²) in [6.45, 7) is 6.02. The van der Waals surface area contributed by atoms with E-state index in [4.69, 9.17) is 4.74 Å². The first-order chi connectivity index (χ1) is 16.5. The molecule has 0 radical (unpaired) electrons. The highest BCUT2D eigenvalue weighted by Gasteiger charge is 2.31. The minimum absolute atomic E-state index is 0.0561. The molecular weight excluding hydrogens is 446 g/mol. The fourth-order valence-corrected chi connectivity index (χ4v) is 5.12. The van der Waals surface area contributed by atoms with Crippen molar-refractivity contribution in [2.45, 2.75) is 24.4 Å². The van der Waals surface area contributed by atoms with Crippen LogP contribution in [-0.4, -0.2) is 60.7 Å². The van der Waals surface area contributed by atoms with Crippen LogP contribution in [0.3, 0.4) is 0 Å². The number of piperazine rings is 1. The van der Waals surface area contributed by atoms with Crippen LogP contribution < -0.4 is 10.5 Å². The van der Waals surface area contributed by atoms with Crippen molar-refractivity contribution in [3.63, 3.8) is 0 Å². The molecule has 6 nitrogen and oxygen atoms in total. The molecule has 1 saturated heterocycles. The van der Waals surface area contributed by atoms with Gasteiger partial charge in [-0.1, -0.05) is 30.3 Å². The number of hydrogen-bond donors (Lipinski definition) is 1. The fraction of sp³-hybridized carbons (Fsp3) is 0.370. The van der Waals surface area contributed by atoms with Crippen molar-refractivity contribution in [1.82, 2.24) is 9.47 Å². The molecule has 1 aromatic heterocycles. The molecule has 1 atom stereocenters. The van der Waals surface area contributed by atoms with E-state index in [9.17, 15) is 9.90 Å². The van der Waals surface area contributed by atoms with Crippen LogP contribution in [0.2, 0.25) is 0 Å². The third-order valence-electron chi connectivity index (χ3n) is 6.55. The number of anilines is 1. The Balaban J connectivity index is 1.72. The predicted molar refractivity (Wildman–Crippen MR) is 139 cm³/mol. The van der Waals surface area contributed by atoms with Gasteiger partial charge < -0.3 is 19.3 Å². The number of aromatic nitrogens is 1. The molecule has 0 unspecified atom stereocenters. The van der Waals surface area contributed by atoms with Gasteiger partial charge in [0.05, 0.1) is 18.2 Å². The number of aryl methyl sites for hydroxylation is 1. The minimum Gasteiger partial charge on any atom is -0.507 e. The molecule has 1 aliphatic rings. The van der Waals surface area contributed by atoms with Crippen LogP contribution in [-0.2, 0) is 11.3 Å². The zero-order valence-corrected chi connectivity index (χ0v) is 20.9. The van der Waals surface area contributed by atoms with Gasteiger partial charge in [-0.3, -0.25) is 9.69 Å². The van der Waals surface area contributed by atoms with Crippen molar-refractivity contribution >= 4 is 17.4 Å². The number of methoxy groups -OCH3 is 1. The first-order valence-electron chi connectivity index (χ1n) is 11.6. The summed E-state index contributed by atoms with van der Waals surface area (Å²) in [5, 5.41) is 11.0. The van der Waals surface area contributed by atoms with Crippen LogP contribution in [0.1, 0.15) is 22.9 Å². The topological polar surface area (TPSA) is 57.9 Å². The normalized spacial score (nSPS) is 15.4. The molecule has 0 saturated carbocycles. The number of hydrogen-bond acceptors (Lipinski definition) is 6. The van der Waals surface area contributed by atoms with Gasteiger partial charge in [0, 0.05) is 56.1 Å². The zero-order chi connectivity index (χ0) is 24.1. The highest BCUT2D eigenvalue weighted by molar-refractivity contribution is 7.98. The molecule has 1 N–H and O–H groups in total. The van der Waals surface area contributed by atoms with Gasteiger partial charge in [-0.25, -0.2) is 0 Å². The summed E-state index contributed by atoms with van der Waals surface area (Å²) >= 11 is 1.69. The Morgan fingerprint density at radius 2 is 1.71 bits per heavy atom. The lowest BCUT2D eigenvalue weighted by Crippen LogP contribution is -2.49. The van der Waals surface area contributed by atoms with E-state index in [1.807, 2.05) is 13.0 Å². The maximum atomic E-state index is 13.7. The average molecular weight is 480 g/mol. The number of para-hydroxylation sites is 1. The summed E-state index contributed by atoms with van der Waals surface area (Å²) < 4.78 is 6.94. The maximum Gasteiger partial charge on any atom is 0.259 e. The SMILES string of the molecule is COCCn1c(C)cc(O)c([C@@H](c2ccc(SC)cc2)N2CCN(c3ccccc3)CC2)c1=O. The molecule has 7 heteroatoms. The number of benzene rings is 2. The number of aromatic hydroxyl groups is 1. The molecule has 0 bridgehead atoms. The summed E-state index contributed by atoms with van der Waals surface area (Å²) in [7, 11) is 1.63. The standard InChI is InChI=1S/C27H33N3O3S/c1-20-19-24(31)25(27(32)30(20)17-18-33-2)26(21-9-11-23(34-3)12-10-21)29-15-13-28(14-16-29)22-7-5-4-6-8-22/h4-12,19,26,31H,13-18H2,1-3H3/t26-/m1/s1. The largest absolute Gasteiger partial charge is 0.507 e. The van der Waals surface area contributed by atoms with Crippen LogP contribution in [0, 0.1) is 6.92 Å². The van der Waals surface area contributed by atoms with E-state index in [0.29, 0.717) is 18.7 Å². The average Bonchev–Trinajstić information content (AvgIpc) is 2.87. The summed E-state index contributed by atoms with van der Waals surface area (Å²) in [5.41, 5.74) is 3.24. The molecule has 180 valence electrons. The number of rotatable bonds is 8. The van der Waals surface area contributed by atoms with Gasteiger partial charge in [0.2, 0.25) is 0 Å². The molecule has 0 spiro atoms. The minimum atomic E-state index is -0.323. The smallest absolute Gasteiger partial charge is 0.259 e. The Kier molecular flexibility index (Phi) is 7.98. The second-order valence-corrected chi connectivity index (χ2v) is 9.45. The van der Waals surface area contributed by atoms with Crippen LogP contribution in [0.5, 0.6) is 5.75 Å². The van der Waals surface area contributed by atoms with Gasteiger partial charge in [0.15, 0.2) is 0 Å². The monoisotopic (exact) mass is 479 g/mol. The Hall–Kier alpha value is -2.74. The third kappa shape index (κ3) is 5.17. The van der Waals surface area contributed by atoms with Crippen LogP contribution in [0.15, 0.2) is 70.4 Å². The van der Waals surface area contributed by atoms with E-state index in [1.165, 1.54) is 10.6 Å². The van der Waals surface area contributed by atoms with Crippen molar-refractivity contribution in [2.75, 3.05) is 51.1 Å². The molecule has 1 aliphatic heterocycles. The van der Waals surface area contributed by atoms with E-state index in [2.05, 4.69) is 64.6 Å². The van der Waals surface area contributed by atoms with Gasteiger partial charge in [-0.05, 0) is 49.1 Å². The lowest BCUT2D eigenvalue weighted by atomic mass is 9.96. The predicted octanol–water partition coefficient (Wildman–Crippen LogP) is 4.14. The zero-order valence-electron chi connectivity index (χ0n) is 20.1. The van der Waals surface area contributed by atoms with E-state index in [1.54, 1.807) is 29.5 Å². The van der Waals surface area contributed by atoms with E-state index in [-0.39, 0.29) is 17.4 Å². The number of pyridine rings is 1. The Morgan fingerprint density at radius 3 is 2.32 bits per heavy atom. The Morgan fingerprint density at radius 1 is 1.03 bits per heavy atom. The van der Waals surface area contributed by atoms with Crippen molar-refractivity contribution in [3.05, 3.63) is 87.8 Å². The molecule has 0 amide bonds. The highest BCUT2D eigenvalue weighted by atomic mass is 32.2. The molecule has 4 rings (SSSR count). The van der Waals surface area contributed by atoms with E-state index < -0.39 is 0 Å². The van der Waals surface area contributed by atoms with Gasteiger partial charge in [0.1, 0.15) is 5.75 Å². The first-order valence-corrected chi connectivity index (χ1v) is 12.9. The van der Waals surface area contributed by atoms with Gasteiger partial charge in [-0.15, -0.1) is 11.8 Å². The number of thioether (sulfide) groups is 1. The van der Waals surface area contributed by atoms with Crippen LogP contribution in [0.4, 0.5) is 5.69 Å². The summed E-state index contributed by atoms with van der Waals surface area (Å²) in [6, 6.07) is 20.1. The number of ether oxygens (including phenoxy) is 1. The molecule has 2 aromatic carbocycles. The molecule has 2 heterocycles. The third-order valence-corrected chi connectivity index (χ3v) is 7.29. The summed E-state index contributed by atoms with van der Waals surface area (Å²) in [4.78, 5) is 19.5. The highest BCUT2D eigenvalue weighted by Crippen LogP contribution is 2.34. The Bertz CT molecular complexity index is 1140. The van der Waals surface area contributed by atoms with E-state index in [0.717, 1.165) is 37.4 Å². The Labute approximate surface area is 205 Å². The van der Waals surface area contributed by atoms with Crippen molar-refractivity contribution in [2.24, 2.45) is 0 Å². The van der Waals surface area contributed by atoms with Gasteiger partial charge >= 0.3 is 0 Å². The second kappa shape index (κ2) is 11.1.